The summed E-state index contributed by atoms with van der Waals surface area (Å²) < 4.78 is 238. The van der Waals surface area contributed by atoms with Gasteiger partial charge in [-0.05, 0) is 20.8 Å². The van der Waals surface area contributed by atoms with Gasteiger partial charge in [-0.25, -0.2) is 20.9 Å². The smallest absolute Gasteiger partial charge is 0.389 e. The second kappa shape index (κ2) is 24.6. The molecule has 0 aromatic carbocycles. The third-order valence-electron chi connectivity index (χ3n) is 11.8. The number of ether oxygens (including phenoxy) is 9. The van der Waals surface area contributed by atoms with E-state index in [0.717, 1.165) is 13.8 Å². The van der Waals surface area contributed by atoms with Gasteiger partial charge in [0.2, 0.25) is 0 Å². The first-order valence-electron chi connectivity index (χ1n) is 21.2. The molecule has 43 heteroatoms. The topological polar surface area (TPSA) is 601 Å². The van der Waals surface area contributed by atoms with Crippen LogP contribution in [0.25, 0.3) is 0 Å². The molecular formula is C31H57N3O35S5. The Morgan fingerprint density at radius 3 is 1.26 bits per heavy atom. The van der Waals surface area contributed by atoms with Gasteiger partial charge in [-0.3, -0.25) is 22.8 Å². The van der Waals surface area contributed by atoms with Gasteiger partial charge in [-0.15, -0.1) is 0 Å². The zero-order valence-electron chi connectivity index (χ0n) is 38.0. The minimum atomic E-state index is -5.72. The Hall–Kier alpha value is -1.37. The SMILES string of the molecule is CC1O[C@@H](O[C@@H]2C(COS(=O)(=O)O)O[C@@H](O[C@@H]3C(C)O[C@@H](O[C@@H]4C(COS(=O)(=O)O)O[C@@H](C)C(N)[C@H]4O)C(OS(=O)(=O)O)[C@@H]3O)C(N)[C@H]2OS(=O)(=O)O)C(O)[C@@H](O)[C@@H]1O[C@H]1OC(COS(=O)(=O)O)[C@@H](O)[C@H](O)C1N. The molecule has 0 amide bonds. The molecule has 5 fully saturated rings. The van der Waals surface area contributed by atoms with E-state index in [1.165, 1.54) is 6.92 Å². The summed E-state index contributed by atoms with van der Waals surface area (Å²) in [5.41, 5.74) is 18.2. The van der Waals surface area contributed by atoms with Gasteiger partial charge in [0.15, 0.2) is 31.3 Å². The van der Waals surface area contributed by atoms with E-state index in [2.05, 4.69) is 16.7 Å². The van der Waals surface area contributed by atoms with Crippen molar-refractivity contribution in [2.24, 2.45) is 17.2 Å². The zero-order valence-corrected chi connectivity index (χ0v) is 42.1. The van der Waals surface area contributed by atoms with Crippen LogP contribution in [-0.4, -0.2) is 268 Å². The van der Waals surface area contributed by atoms with E-state index in [-0.39, 0.29) is 0 Å². The fourth-order valence-electron chi connectivity index (χ4n) is 8.20. The first-order valence-corrected chi connectivity index (χ1v) is 28.0. The molecule has 0 aromatic heterocycles. The minimum Gasteiger partial charge on any atom is -0.389 e. The Balaban J connectivity index is 1.40. The van der Waals surface area contributed by atoms with Crippen LogP contribution in [0.1, 0.15) is 20.8 Å². The molecule has 10 unspecified atom stereocenters. The van der Waals surface area contributed by atoms with E-state index in [4.69, 9.17) is 73.1 Å². The lowest BCUT2D eigenvalue weighted by atomic mass is 9.93. The van der Waals surface area contributed by atoms with Crippen LogP contribution in [0.15, 0.2) is 0 Å². The molecule has 38 nitrogen and oxygen atoms in total. The predicted octanol–water partition coefficient (Wildman–Crippen LogP) is -9.76. The van der Waals surface area contributed by atoms with Crippen LogP contribution >= 0.6 is 0 Å². The van der Waals surface area contributed by atoms with Crippen molar-refractivity contribution in [2.75, 3.05) is 19.8 Å². The number of nitrogens with two attached hydrogens (primary N) is 3. The Labute approximate surface area is 420 Å². The van der Waals surface area contributed by atoms with E-state index in [1.807, 2.05) is 0 Å². The lowest BCUT2D eigenvalue weighted by molar-refractivity contribution is -0.372. The maximum atomic E-state index is 12.3. The number of rotatable bonds is 21. The van der Waals surface area contributed by atoms with E-state index in [1.54, 1.807) is 0 Å². The number of aliphatic hydroxyl groups is 6. The predicted molar refractivity (Wildman–Crippen MR) is 225 cm³/mol. The van der Waals surface area contributed by atoms with Crippen molar-refractivity contribution in [3.05, 3.63) is 0 Å². The summed E-state index contributed by atoms with van der Waals surface area (Å²) in [5.74, 6) is 0. The van der Waals surface area contributed by atoms with Gasteiger partial charge in [0, 0.05) is 0 Å². The van der Waals surface area contributed by atoms with Crippen molar-refractivity contribution in [3.63, 3.8) is 0 Å². The van der Waals surface area contributed by atoms with Crippen molar-refractivity contribution < 1.29 is 159 Å². The van der Waals surface area contributed by atoms with Gasteiger partial charge in [0.25, 0.3) is 0 Å². The molecular weight excluding hydrogens is 1130 g/mol. The van der Waals surface area contributed by atoms with Gasteiger partial charge in [0.1, 0.15) is 85.5 Å². The number of hydrogen-bond acceptors (Lipinski definition) is 33. The molecule has 5 aliphatic heterocycles. The standard InChI is InChI=1S/C31H57N3O35S5/c1-7-13(32)18(37)24(11(59-7)5-57-71(44,45)46)66-31-27(69-74(53,54)55)21(40)23(9(3)61-31)65-29-15(34)26(68-73(50,51)52)25(12(63-29)6-58-72(47,48)49)67-30-20(39)19(38)22(8(2)60-30)64-28-14(33)17(36)16(35)10(62-28)4-56-70(41,42)43/h7-31,35-40H,4-6,32-34H2,1-3H3,(H,41,42,43)(H,44,45,46)(H,47,48,49)(H,50,51,52)(H,53,54,55)/t7-,8?,9?,10?,11?,12?,13?,14?,15?,16+,17+,18+,19+,20?,21+,22+,23+,24+,25+,26+,27?,28+,29-,30-,31-/m0/s1. The molecule has 0 aliphatic carbocycles. The molecule has 5 saturated heterocycles. The highest BCUT2D eigenvalue weighted by Crippen LogP contribution is 2.37. The van der Waals surface area contributed by atoms with Gasteiger partial charge in [-0.2, -0.15) is 42.1 Å². The van der Waals surface area contributed by atoms with Crippen LogP contribution in [0.5, 0.6) is 0 Å². The van der Waals surface area contributed by atoms with Crippen molar-refractivity contribution in [3.8, 4) is 0 Å². The molecule has 0 radical (unpaired) electrons. The molecule has 17 N–H and O–H groups in total. The molecule has 25 atom stereocenters. The summed E-state index contributed by atoms with van der Waals surface area (Å²) in [4.78, 5) is 0. The van der Waals surface area contributed by atoms with Crippen molar-refractivity contribution in [1.82, 2.24) is 0 Å². The molecule has 5 heterocycles. The molecule has 0 bridgehead atoms. The van der Waals surface area contributed by atoms with Crippen LogP contribution in [-0.2, 0) is 116 Å². The highest BCUT2D eigenvalue weighted by atomic mass is 32.3. The monoisotopic (exact) mass is 1190 g/mol. The maximum absolute atomic E-state index is 12.3. The number of hydrogen-bond donors (Lipinski definition) is 14. The first kappa shape index (κ1) is 63.5. The Kier molecular flexibility index (Phi) is 21.1. The molecule has 74 heavy (non-hydrogen) atoms. The average Bonchev–Trinajstić information content (AvgIpc) is 3.25. The highest BCUT2D eigenvalue weighted by Gasteiger charge is 2.57. The largest absolute Gasteiger partial charge is 0.397 e. The van der Waals surface area contributed by atoms with E-state index in [9.17, 15) is 86.4 Å². The van der Waals surface area contributed by atoms with E-state index in [0.29, 0.717) is 0 Å². The fourth-order valence-corrected chi connectivity index (χ4v) is 10.1. The number of aliphatic hydroxyl groups excluding tert-OH is 6. The lowest BCUT2D eigenvalue weighted by Crippen LogP contribution is -2.69. The van der Waals surface area contributed by atoms with Crippen molar-refractivity contribution in [2.45, 2.75) is 174 Å². The molecule has 0 aromatic rings. The van der Waals surface area contributed by atoms with Gasteiger partial charge in [0.05, 0.1) is 56.3 Å². The Morgan fingerprint density at radius 1 is 0.351 bits per heavy atom. The second-order valence-corrected chi connectivity index (χ2v) is 22.4. The van der Waals surface area contributed by atoms with Crippen LogP contribution in [0, 0.1) is 0 Å². The van der Waals surface area contributed by atoms with Crippen molar-refractivity contribution in [1.29, 1.82) is 0 Å². The minimum absolute atomic E-state index is 1.05. The van der Waals surface area contributed by atoms with Gasteiger partial charge in [-0.1, -0.05) is 0 Å². The summed E-state index contributed by atoms with van der Waals surface area (Å²) in [6.07, 6.45) is -44.1. The molecule has 0 spiro atoms. The second-order valence-electron chi connectivity index (χ2n) is 17.1. The van der Waals surface area contributed by atoms with Gasteiger partial charge >= 0.3 is 52.0 Å². The summed E-state index contributed by atoms with van der Waals surface area (Å²) >= 11 is 0. The van der Waals surface area contributed by atoms with Crippen LogP contribution in [0.3, 0.4) is 0 Å². The third kappa shape index (κ3) is 16.8. The zero-order chi connectivity index (χ0) is 56.0. The highest BCUT2D eigenvalue weighted by molar-refractivity contribution is 7.81. The fraction of sp³-hybridized carbons (Fsp3) is 1.00. The quantitative estimate of drug-likeness (QED) is 0.0475. The molecule has 5 rings (SSSR count). The van der Waals surface area contributed by atoms with Gasteiger partial charge < -0.3 is 90.5 Å². The summed E-state index contributed by atoms with van der Waals surface area (Å²) in [6, 6.07) is -5.18. The molecule has 436 valence electrons. The van der Waals surface area contributed by atoms with Crippen molar-refractivity contribution >= 4 is 52.0 Å². The van der Waals surface area contributed by atoms with Crippen LogP contribution < -0.4 is 17.2 Å². The normalized spacial score (nSPS) is 44.3. The first-order chi connectivity index (χ1) is 33.8. The summed E-state index contributed by atoms with van der Waals surface area (Å²) in [5, 5.41) is 65.9. The molecule has 5 aliphatic rings. The third-order valence-corrected chi connectivity index (χ3v) is 14.0. The van der Waals surface area contributed by atoms with E-state index >= 15 is 0 Å². The van der Waals surface area contributed by atoms with E-state index < -0.39 is 225 Å². The molecule has 0 saturated carbocycles. The summed E-state index contributed by atoms with van der Waals surface area (Å²) in [7, 11) is -27.1. The lowest BCUT2D eigenvalue weighted by Gasteiger charge is -2.50. The Bertz CT molecular complexity index is 2450. The Morgan fingerprint density at radius 2 is 0.757 bits per heavy atom. The average molecular weight is 1190 g/mol. The van der Waals surface area contributed by atoms with Crippen LogP contribution in [0.4, 0.5) is 0 Å². The maximum Gasteiger partial charge on any atom is 0.397 e. The summed E-state index contributed by atoms with van der Waals surface area (Å²) in [6.45, 7) is -0.0372. The van der Waals surface area contributed by atoms with Crippen LogP contribution in [0.2, 0.25) is 0 Å².